The molecular formula is C35H31BrF2N4O4S. The van der Waals surface area contributed by atoms with Crippen molar-refractivity contribution >= 4 is 48.2 Å². The van der Waals surface area contributed by atoms with E-state index in [9.17, 15) is 12.8 Å². The third-order valence-electron chi connectivity index (χ3n) is 8.08. The number of fused-ring (bicyclic) bond motifs is 1. The molecule has 8 nitrogen and oxygen atoms in total. The Labute approximate surface area is 279 Å². The molecular weight excluding hydrogens is 690 g/mol. The van der Waals surface area contributed by atoms with Crippen molar-refractivity contribution in [2.45, 2.75) is 36.5 Å². The van der Waals surface area contributed by atoms with Gasteiger partial charge in [0.2, 0.25) is 0 Å². The Balaban J connectivity index is 1.22. The van der Waals surface area contributed by atoms with Crippen LogP contribution in [0.25, 0.3) is 10.9 Å². The number of ether oxygens (including phenoxy) is 2. The van der Waals surface area contributed by atoms with Gasteiger partial charge in [0.1, 0.15) is 36.1 Å². The van der Waals surface area contributed by atoms with Crippen LogP contribution in [0.4, 0.5) is 20.3 Å². The fraction of sp³-hybridized carbons (Fsp3) is 0.200. The number of sulfone groups is 1. The van der Waals surface area contributed by atoms with Gasteiger partial charge in [-0.25, -0.2) is 27.2 Å². The summed E-state index contributed by atoms with van der Waals surface area (Å²) >= 11 is 3.54. The van der Waals surface area contributed by atoms with Crippen molar-refractivity contribution in [1.29, 1.82) is 0 Å². The number of benzene rings is 4. The van der Waals surface area contributed by atoms with E-state index in [1.54, 1.807) is 60.9 Å². The Kier molecular flexibility index (Phi) is 9.53. The number of nitrogens with zero attached hydrogens (tertiary/aromatic N) is 2. The minimum Gasteiger partial charge on any atom is -0.488 e. The molecule has 0 saturated carbocycles. The van der Waals surface area contributed by atoms with E-state index in [-0.39, 0.29) is 29.6 Å². The molecule has 242 valence electrons. The van der Waals surface area contributed by atoms with Crippen LogP contribution in [0.15, 0.2) is 113 Å². The summed E-state index contributed by atoms with van der Waals surface area (Å²) in [5.41, 5.74) is 0.945. The third kappa shape index (κ3) is 7.14. The molecule has 0 aliphatic carbocycles. The molecule has 2 atom stereocenters. The fourth-order valence-electron chi connectivity index (χ4n) is 5.57. The van der Waals surface area contributed by atoms with Crippen LogP contribution in [0, 0.1) is 11.6 Å². The predicted molar refractivity (Wildman–Crippen MR) is 180 cm³/mol. The smallest absolute Gasteiger partial charge is 0.179 e. The molecule has 0 bridgehead atoms. The average Bonchev–Trinajstić information content (AvgIpc) is 3.56. The SMILES string of the molecule is CC(NCCS(=O)(=O)c1ccccc1)C1(c2cc3c(Nc4ccc(OCc5cccc(F)c5)c(Br)c4)ncnc3cc2F)CC=CO1. The van der Waals surface area contributed by atoms with Gasteiger partial charge in [-0.15, -0.1) is 0 Å². The van der Waals surface area contributed by atoms with Crippen LogP contribution < -0.4 is 15.4 Å². The molecule has 2 N–H and O–H groups in total. The molecule has 5 aromatic rings. The van der Waals surface area contributed by atoms with Gasteiger partial charge in [0.05, 0.1) is 26.9 Å². The summed E-state index contributed by atoms with van der Waals surface area (Å²) in [6.07, 6.45) is 5.09. The number of rotatable bonds is 12. The van der Waals surface area contributed by atoms with E-state index in [2.05, 4.69) is 36.5 Å². The molecule has 0 radical (unpaired) electrons. The van der Waals surface area contributed by atoms with Crippen LogP contribution in [0.3, 0.4) is 0 Å². The van der Waals surface area contributed by atoms with E-state index >= 15 is 4.39 Å². The first-order valence-electron chi connectivity index (χ1n) is 14.9. The highest BCUT2D eigenvalue weighted by Crippen LogP contribution is 2.41. The van der Waals surface area contributed by atoms with Crippen LogP contribution in [-0.4, -0.2) is 36.7 Å². The first-order chi connectivity index (χ1) is 22.6. The van der Waals surface area contributed by atoms with Crippen LogP contribution >= 0.6 is 15.9 Å². The lowest BCUT2D eigenvalue weighted by Crippen LogP contribution is -2.48. The number of hydrogen-bond donors (Lipinski definition) is 2. The maximum absolute atomic E-state index is 15.8. The highest BCUT2D eigenvalue weighted by atomic mass is 79.9. The van der Waals surface area contributed by atoms with Gasteiger partial charge in [-0.2, -0.15) is 0 Å². The number of anilines is 2. The van der Waals surface area contributed by atoms with E-state index in [0.29, 0.717) is 50.2 Å². The fourth-order valence-corrected chi connectivity index (χ4v) is 7.26. The first-order valence-corrected chi connectivity index (χ1v) is 17.3. The average molecular weight is 722 g/mol. The second-order valence-electron chi connectivity index (χ2n) is 11.2. The van der Waals surface area contributed by atoms with Gasteiger partial charge >= 0.3 is 0 Å². The van der Waals surface area contributed by atoms with E-state index in [1.165, 1.54) is 24.5 Å². The van der Waals surface area contributed by atoms with Gasteiger partial charge in [-0.3, -0.25) is 0 Å². The van der Waals surface area contributed by atoms with Gasteiger partial charge in [0.25, 0.3) is 0 Å². The summed E-state index contributed by atoms with van der Waals surface area (Å²) in [6, 6.07) is 22.5. The molecule has 4 aromatic carbocycles. The van der Waals surface area contributed by atoms with Crippen molar-refractivity contribution in [3.63, 3.8) is 0 Å². The van der Waals surface area contributed by atoms with Crippen LogP contribution in [0.1, 0.15) is 24.5 Å². The van der Waals surface area contributed by atoms with Gasteiger partial charge in [0, 0.05) is 41.7 Å². The Bertz CT molecular complexity index is 2040. The van der Waals surface area contributed by atoms with E-state index < -0.39 is 27.3 Å². The molecule has 1 aliphatic rings. The molecule has 0 spiro atoms. The molecule has 2 unspecified atom stereocenters. The summed E-state index contributed by atoms with van der Waals surface area (Å²) < 4.78 is 67.7. The molecule has 2 heterocycles. The highest BCUT2D eigenvalue weighted by Gasteiger charge is 2.43. The predicted octanol–water partition coefficient (Wildman–Crippen LogP) is 7.57. The van der Waals surface area contributed by atoms with Crippen molar-refractivity contribution in [1.82, 2.24) is 15.3 Å². The van der Waals surface area contributed by atoms with Gasteiger partial charge < -0.3 is 20.1 Å². The lowest BCUT2D eigenvalue weighted by Gasteiger charge is -2.36. The summed E-state index contributed by atoms with van der Waals surface area (Å²) in [5.74, 6) is 0.0669. The normalized spacial score (nSPS) is 16.6. The quantitative estimate of drug-likeness (QED) is 0.136. The summed E-state index contributed by atoms with van der Waals surface area (Å²) in [6.45, 7) is 2.19. The van der Waals surface area contributed by atoms with E-state index in [4.69, 9.17) is 9.47 Å². The van der Waals surface area contributed by atoms with Crippen molar-refractivity contribution < 1.29 is 26.7 Å². The van der Waals surface area contributed by atoms with Crippen molar-refractivity contribution in [2.75, 3.05) is 17.6 Å². The van der Waals surface area contributed by atoms with Crippen molar-refractivity contribution in [3.8, 4) is 5.75 Å². The van der Waals surface area contributed by atoms with Crippen molar-refractivity contribution in [2.24, 2.45) is 0 Å². The standard InChI is InChI=1S/C35H31BrF2N4O4S/c1-23(39-14-16-47(43,44)27-9-3-2-4-10-27)35(13-6-15-46-35)29-19-28-32(20-31(29)38)40-22-41-34(28)42-26-11-12-33(30(36)18-26)45-21-24-7-5-8-25(37)17-24/h2-12,15,17-20,22-23,39H,13-14,16,21H2,1H3,(H,40,41,42). The van der Waals surface area contributed by atoms with Crippen LogP contribution in [-0.2, 0) is 26.8 Å². The van der Waals surface area contributed by atoms with Gasteiger partial charge in [-0.05, 0) is 83.0 Å². The topological polar surface area (TPSA) is 102 Å². The lowest BCUT2D eigenvalue weighted by molar-refractivity contribution is 0.00584. The highest BCUT2D eigenvalue weighted by molar-refractivity contribution is 9.10. The molecule has 0 saturated heterocycles. The zero-order chi connectivity index (χ0) is 33.0. The second-order valence-corrected chi connectivity index (χ2v) is 14.1. The Morgan fingerprint density at radius 1 is 1.02 bits per heavy atom. The molecule has 6 rings (SSSR count). The summed E-state index contributed by atoms with van der Waals surface area (Å²) in [4.78, 5) is 8.99. The molecule has 0 fully saturated rings. The Morgan fingerprint density at radius 3 is 2.60 bits per heavy atom. The van der Waals surface area contributed by atoms with E-state index in [1.807, 2.05) is 25.1 Å². The maximum atomic E-state index is 15.8. The zero-order valence-electron chi connectivity index (χ0n) is 25.3. The minimum atomic E-state index is -3.50. The van der Waals surface area contributed by atoms with Gasteiger partial charge in [-0.1, -0.05) is 30.3 Å². The molecule has 0 amide bonds. The molecule has 1 aliphatic heterocycles. The van der Waals surface area contributed by atoms with Crippen LogP contribution in [0.5, 0.6) is 5.75 Å². The third-order valence-corrected chi connectivity index (χ3v) is 10.4. The molecule has 1 aromatic heterocycles. The zero-order valence-corrected chi connectivity index (χ0v) is 27.7. The van der Waals surface area contributed by atoms with E-state index in [0.717, 1.165) is 0 Å². The maximum Gasteiger partial charge on any atom is 0.179 e. The molecule has 47 heavy (non-hydrogen) atoms. The number of hydrogen-bond acceptors (Lipinski definition) is 8. The van der Waals surface area contributed by atoms with Crippen molar-refractivity contribution in [3.05, 3.63) is 131 Å². The first kappa shape index (κ1) is 32.5. The lowest BCUT2D eigenvalue weighted by atomic mass is 9.83. The number of aromatic nitrogens is 2. The minimum absolute atomic E-state index is 0.128. The summed E-state index contributed by atoms with van der Waals surface area (Å²) in [7, 11) is -3.50. The Hall–Kier alpha value is -4.39. The Morgan fingerprint density at radius 2 is 1.85 bits per heavy atom. The van der Waals surface area contributed by atoms with Gasteiger partial charge in [0.15, 0.2) is 15.4 Å². The number of nitrogens with one attached hydrogen (secondary N) is 2. The monoisotopic (exact) mass is 720 g/mol. The number of halogens is 3. The second kappa shape index (κ2) is 13.8. The largest absolute Gasteiger partial charge is 0.488 e. The molecule has 12 heteroatoms. The summed E-state index contributed by atoms with van der Waals surface area (Å²) in [5, 5.41) is 7.12. The van der Waals surface area contributed by atoms with Crippen LogP contribution in [0.2, 0.25) is 0 Å².